The van der Waals surface area contributed by atoms with Crippen LogP contribution in [0, 0.1) is 0 Å². The fourth-order valence-corrected chi connectivity index (χ4v) is 2.74. The van der Waals surface area contributed by atoms with Crippen LogP contribution in [0.15, 0.2) is 18.3 Å². The molecule has 25 heavy (non-hydrogen) atoms. The summed E-state index contributed by atoms with van der Waals surface area (Å²) in [4.78, 5) is 12.5. The largest absolute Gasteiger partial charge is 0.493 e. The predicted molar refractivity (Wildman–Crippen MR) is 89.6 cm³/mol. The molecule has 3 rings (SSSR count). The van der Waals surface area contributed by atoms with Gasteiger partial charge in [-0.25, -0.2) is 4.68 Å². The number of nitrogens with zero attached hydrogens (tertiary/aromatic N) is 2. The lowest BCUT2D eigenvalue weighted by molar-refractivity contribution is 0.0944. The zero-order chi connectivity index (χ0) is 17.8. The van der Waals surface area contributed by atoms with Crippen molar-refractivity contribution in [3.8, 4) is 23.1 Å². The third-order valence-electron chi connectivity index (χ3n) is 3.97. The molecule has 0 saturated carbocycles. The second-order valence-electron chi connectivity index (χ2n) is 5.50. The number of aromatic nitrogens is 2. The van der Waals surface area contributed by atoms with E-state index in [4.69, 9.17) is 18.9 Å². The van der Waals surface area contributed by atoms with Gasteiger partial charge in [-0.1, -0.05) is 0 Å². The van der Waals surface area contributed by atoms with E-state index in [0.717, 1.165) is 18.5 Å². The van der Waals surface area contributed by atoms with Gasteiger partial charge in [0.15, 0.2) is 11.5 Å². The third kappa shape index (κ3) is 3.33. The summed E-state index contributed by atoms with van der Waals surface area (Å²) in [6.45, 7) is 1.66. The van der Waals surface area contributed by atoms with Crippen molar-refractivity contribution in [2.75, 3.05) is 27.9 Å². The van der Waals surface area contributed by atoms with Crippen LogP contribution in [0.4, 0.5) is 0 Å². The molecule has 0 radical (unpaired) electrons. The highest BCUT2D eigenvalue weighted by Crippen LogP contribution is 2.38. The first-order valence-electron chi connectivity index (χ1n) is 7.93. The van der Waals surface area contributed by atoms with Gasteiger partial charge in [0.05, 0.1) is 34.1 Å². The van der Waals surface area contributed by atoms with Crippen molar-refractivity contribution in [1.29, 1.82) is 0 Å². The maximum absolute atomic E-state index is 12.5. The van der Waals surface area contributed by atoms with E-state index in [2.05, 4.69) is 10.4 Å². The minimum atomic E-state index is -0.239. The Hall–Kier alpha value is -2.90. The lowest BCUT2D eigenvalue weighted by Gasteiger charge is -2.16. The number of rotatable bonds is 6. The van der Waals surface area contributed by atoms with Gasteiger partial charge in [-0.3, -0.25) is 4.79 Å². The van der Waals surface area contributed by atoms with Crippen LogP contribution in [-0.4, -0.2) is 43.6 Å². The second kappa shape index (κ2) is 7.33. The van der Waals surface area contributed by atoms with Crippen LogP contribution in [0.1, 0.15) is 22.3 Å². The van der Waals surface area contributed by atoms with Gasteiger partial charge in [-0.15, -0.1) is 0 Å². The molecule has 134 valence electrons. The summed E-state index contributed by atoms with van der Waals surface area (Å²) >= 11 is 0. The summed E-state index contributed by atoms with van der Waals surface area (Å²) in [5, 5.41) is 7.05. The first-order valence-corrected chi connectivity index (χ1v) is 7.93. The standard InChI is InChI=1S/C17H21N3O5/c1-22-13-7-11(8-14(23-2)15(13)24-3)9-18-16(21)12-10-19-20-5-4-6-25-17(12)20/h7-8,10H,4-6,9H2,1-3H3,(H,18,21). The summed E-state index contributed by atoms with van der Waals surface area (Å²) in [7, 11) is 4.65. The molecule has 1 aliphatic heterocycles. The first kappa shape index (κ1) is 16.9. The van der Waals surface area contributed by atoms with E-state index in [-0.39, 0.29) is 5.91 Å². The monoisotopic (exact) mass is 347 g/mol. The van der Waals surface area contributed by atoms with E-state index in [1.165, 1.54) is 6.20 Å². The summed E-state index contributed by atoms with van der Waals surface area (Å²) in [6.07, 6.45) is 2.42. The second-order valence-corrected chi connectivity index (χ2v) is 5.50. The summed E-state index contributed by atoms with van der Waals surface area (Å²) in [5.74, 6) is 1.87. The Morgan fingerprint density at radius 3 is 2.60 bits per heavy atom. The molecule has 2 heterocycles. The summed E-state index contributed by atoms with van der Waals surface area (Å²) in [6, 6.07) is 3.59. The SMILES string of the molecule is COc1cc(CNC(=O)c2cnn3c2OCCC3)cc(OC)c1OC. The Morgan fingerprint density at radius 2 is 1.96 bits per heavy atom. The zero-order valence-electron chi connectivity index (χ0n) is 14.5. The number of aryl methyl sites for hydroxylation is 1. The summed E-state index contributed by atoms with van der Waals surface area (Å²) < 4.78 is 23.2. The average molecular weight is 347 g/mol. The molecule has 0 spiro atoms. The molecule has 0 unspecified atom stereocenters. The fourth-order valence-electron chi connectivity index (χ4n) is 2.74. The molecule has 1 N–H and O–H groups in total. The first-order chi connectivity index (χ1) is 12.2. The van der Waals surface area contributed by atoms with Crippen molar-refractivity contribution in [3.05, 3.63) is 29.5 Å². The molecule has 0 saturated heterocycles. The fraction of sp³-hybridized carbons (Fsp3) is 0.412. The topological polar surface area (TPSA) is 83.8 Å². The highest BCUT2D eigenvalue weighted by Gasteiger charge is 2.21. The van der Waals surface area contributed by atoms with E-state index in [9.17, 15) is 4.79 Å². The van der Waals surface area contributed by atoms with E-state index >= 15 is 0 Å². The molecule has 1 aromatic carbocycles. The number of fused-ring (bicyclic) bond motifs is 1. The van der Waals surface area contributed by atoms with Gasteiger partial charge in [0, 0.05) is 19.5 Å². The van der Waals surface area contributed by atoms with Crippen molar-refractivity contribution in [2.24, 2.45) is 0 Å². The Morgan fingerprint density at radius 1 is 1.24 bits per heavy atom. The van der Waals surface area contributed by atoms with Crippen LogP contribution in [0.5, 0.6) is 23.1 Å². The molecule has 8 heteroatoms. The maximum Gasteiger partial charge on any atom is 0.258 e. The summed E-state index contributed by atoms with van der Waals surface area (Å²) in [5.41, 5.74) is 1.26. The highest BCUT2D eigenvalue weighted by atomic mass is 16.5. The zero-order valence-corrected chi connectivity index (χ0v) is 14.5. The van der Waals surface area contributed by atoms with Crippen LogP contribution >= 0.6 is 0 Å². The molecule has 0 bridgehead atoms. The van der Waals surface area contributed by atoms with Crippen molar-refractivity contribution in [3.63, 3.8) is 0 Å². The van der Waals surface area contributed by atoms with Crippen molar-refractivity contribution in [1.82, 2.24) is 15.1 Å². The highest BCUT2D eigenvalue weighted by molar-refractivity contribution is 5.96. The molecular formula is C17H21N3O5. The molecule has 0 fully saturated rings. The van der Waals surface area contributed by atoms with Crippen LogP contribution in [-0.2, 0) is 13.1 Å². The van der Waals surface area contributed by atoms with Crippen molar-refractivity contribution >= 4 is 5.91 Å². The number of nitrogens with one attached hydrogen (secondary N) is 1. The lowest BCUT2D eigenvalue weighted by atomic mass is 10.1. The number of carbonyl (C=O) groups excluding carboxylic acids is 1. The molecule has 0 atom stereocenters. The van der Waals surface area contributed by atoms with E-state index < -0.39 is 0 Å². The van der Waals surface area contributed by atoms with Gasteiger partial charge in [-0.05, 0) is 17.7 Å². The van der Waals surface area contributed by atoms with Crippen molar-refractivity contribution < 1.29 is 23.7 Å². The van der Waals surface area contributed by atoms with Gasteiger partial charge >= 0.3 is 0 Å². The minimum absolute atomic E-state index is 0.239. The maximum atomic E-state index is 12.5. The number of benzene rings is 1. The Balaban J connectivity index is 1.75. The number of hydrogen-bond donors (Lipinski definition) is 1. The molecule has 2 aromatic rings. The minimum Gasteiger partial charge on any atom is -0.493 e. The molecular weight excluding hydrogens is 326 g/mol. The quantitative estimate of drug-likeness (QED) is 0.855. The average Bonchev–Trinajstić information content (AvgIpc) is 3.09. The predicted octanol–water partition coefficient (Wildman–Crippen LogP) is 1.62. The van der Waals surface area contributed by atoms with E-state index in [0.29, 0.717) is 41.8 Å². The van der Waals surface area contributed by atoms with Crippen LogP contribution in [0.25, 0.3) is 0 Å². The molecule has 1 aliphatic rings. The molecule has 1 aromatic heterocycles. The van der Waals surface area contributed by atoms with Gasteiger partial charge < -0.3 is 24.3 Å². The van der Waals surface area contributed by atoms with Gasteiger partial charge in [-0.2, -0.15) is 5.10 Å². The third-order valence-corrected chi connectivity index (χ3v) is 3.97. The van der Waals surface area contributed by atoms with Crippen molar-refractivity contribution in [2.45, 2.75) is 19.5 Å². The lowest BCUT2D eigenvalue weighted by Crippen LogP contribution is -2.24. The van der Waals surface area contributed by atoms with E-state index in [1.807, 2.05) is 0 Å². The number of methoxy groups -OCH3 is 3. The number of hydrogen-bond acceptors (Lipinski definition) is 6. The molecule has 8 nitrogen and oxygen atoms in total. The normalized spacial score (nSPS) is 12.8. The molecule has 1 amide bonds. The Kier molecular flexibility index (Phi) is 4.97. The number of carbonyl (C=O) groups is 1. The molecule has 0 aliphatic carbocycles. The number of ether oxygens (including phenoxy) is 4. The van der Waals surface area contributed by atoms with Crippen LogP contribution < -0.4 is 24.3 Å². The Bertz CT molecular complexity index is 747. The Labute approximate surface area is 145 Å². The number of amides is 1. The van der Waals surface area contributed by atoms with E-state index in [1.54, 1.807) is 38.1 Å². The van der Waals surface area contributed by atoms with Gasteiger partial charge in [0.2, 0.25) is 11.6 Å². The van der Waals surface area contributed by atoms with Crippen LogP contribution in [0.3, 0.4) is 0 Å². The smallest absolute Gasteiger partial charge is 0.258 e. The van der Waals surface area contributed by atoms with Gasteiger partial charge in [0.1, 0.15) is 5.56 Å². The van der Waals surface area contributed by atoms with Crippen LogP contribution in [0.2, 0.25) is 0 Å². The van der Waals surface area contributed by atoms with Gasteiger partial charge in [0.25, 0.3) is 5.91 Å².